The maximum absolute atomic E-state index is 9.02. The molecule has 1 aromatic heterocycles. The zero-order valence-electron chi connectivity index (χ0n) is 12.9. The van der Waals surface area contributed by atoms with E-state index < -0.39 is 0 Å². The van der Waals surface area contributed by atoms with E-state index in [4.69, 9.17) is 9.52 Å². The third-order valence-corrected chi connectivity index (χ3v) is 3.88. The van der Waals surface area contributed by atoms with E-state index >= 15 is 0 Å². The minimum absolute atomic E-state index is 0.105. The highest BCUT2D eigenvalue weighted by Crippen LogP contribution is 2.23. The van der Waals surface area contributed by atoms with Crippen LogP contribution in [0.2, 0.25) is 0 Å². The van der Waals surface area contributed by atoms with Crippen LogP contribution in [0.15, 0.2) is 22.6 Å². The number of fused-ring (bicyclic) bond motifs is 1. The molecule has 0 aliphatic rings. The van der Waals surface area contributed by atoms with E-state index in [9.17, 15) is 0 Å². The summed E-state index contributed by atoms with van der Waals surface area (Å²) in [7, 11) is 0. The first-order valence-corrected chi connectivity index (χ1v) is 7.22. The highest BCUT2D eigenvalue weighted by Gasteiger charge is 2.16. The first-order valence-electron chi connectivity index (χ1n) is 7.22. The quantitative estimate of drug-likeness (QED) is 0.847. The number of nitrogens with one attached hydrogen (secondary N) is 1. The van der Waals surface area contributed by atoms with Crippen molar-refractivity contribution in [3.8, 4) is 0 Å². The van der Waals surface area contributed by atoms with Crippen molar-refractivity contribution in [2.45, 2.75) is 40.7 Å². The van der Waals surface area contributed by atoms with E-state index in [0.29, 0.717) is 0 Å². The first-order chi connectivity index (χ1) is 9.41. The smallest absolute Gasteiger partial charge is 0.134 e. The van der Waals surface area contributed by atoms with Crippen molar-refractivity contribution < 1.29 is 9.52 Å². The number of benzene rings is 1. The molecule has 3 heteroatoms. The number of aryl methyl sites for hydroxylation is 2. The summed E-state index contributed by atoms with van der Waals surface area (Å²) in [4.78, 5) is 0. The van der Waals surface area contributed by atoms with E-state index in [1.54, 1.807) is 0 Å². The minimum atomic E-state index is 0.105. The number of hydrogen-bond acceptors (Lipinski definition) is 3. The summed E-state index contributed by atoms with van der Waals surface area (Å²) in [6.45, 7) is 10.4. The van der Waals surface area contributed by atoms with E-state index in [2.05, 4.69) is 51.2 Å². The minimum Gasteiger partial charge on any atom is -0.460 e. The molecule has 20 heavy (non-hydrogen) atoms. The van der Waals surface area contributed by atoms with Crippen molar-refractivity contribution in [1.29, 1.82) is 0 Å². The van der Waals surface area contributed by atoms with Crippen LogP contribution in [0, 0.1) is 19.3 Å². The molecule has 0 atom stereocenters. The van der Waals surface area contributed by atoms with E-state index in [1.165, 1.54) is 16.5 Å². The van der Waals surface area contributed by atoms with Crippen molar-refractivity contribution in [3.05, 3.63) is 35.1 Å². The van der Waals surface area contributed by atoms with Gasteiger partial charge in [-0.2, -0.15) is 0 Å². The lowest BCUT2D eigenvalue weighted by atomic mass is 9.90. The van der Waals surface area contributed by atoms with Gasteiger partial charge in [-0.3, -0.25) is 0 Å². The summed E-state index contributed by atoms with van der Waals surface area (Å²) in [5.41, 5.74) is 3.62. The molecule has 3 nitrogen and oxygen atoms in total. The normalized spacial score (nSPS) is 12.2. The predicted molar refractivity (Wildman–Crippen MR) is 82.9 cm³/mol. The van der Waals surface area contributed by atoms with Gasteiger partial charge in [0.2, 0.25) is 0 Å². The van der Waals surface area contributed by atoms with Gasteiger partial charge in [-0.25, -0.2) is 0 Å². The Morgan fingerprint density at radius 3 is 2.55 bits per heavy atom. The molecule has 0 fully saturated rings. The summed E-state index contributed by atoms with van der Waals surface area (Å²) in [5, 5.41) is 13.6. The van der Waals surface area contributed by atoms with Gasteiger partial charge in [0.05, 0.1) is 6.54 Å². The maximum Gasteiger partial charge on any atom is 0.134 e. The van der Waals surface area contributed by atoms with E-state index in [1.807, 2.05) is 0 Å². The summed E-state index contributed by atoms with van der Waals surface area (Å²) >= 11 is 0. The monoisotopic (exact) mass is 275 g/mol. The Kier molecular flexibility index (Phi) is 4.51. The van der Waals surface area contributed by atoms with Crippen LogP contribution in [0.3, 0.4) is 0 Å². The zero-order valence-corrected chi connectivity index (χ0v) is 12.9. The molecule has 0 unspecified atom stereocenters. The number of rotatable bonds is 6. The molecule has 2 aromatic rings. The van der Waals surface area contributed by atoms with Crippen LogP contribution in [-0.4, -0.2) is 18.3 Å². The Balaban J connectivity index is 2.00. The molecule has 0 saturated heterocycles. The second-order valence-electron chi connectivity index (χ2n) is 6.43. The Bertz CT molecular complexity index is 545. The van der Waals surface area contributed by atoms with E-state index in [-0.39, 0.29) is 12.0 Å². The van der Waals surface area contributed by atoms with Crippen molar-refractivity contribution in [2.75, 3.05) is 13.2 Å². The van der Waals surface area contributed by atoms with E-state index in [0.717, 1.165) is 30.9 Å². The highest BCUT2D eigenvalue weighted by atomic mass is 16.3. The molecule has 0 radical (unpaired) electrons. The second-order valence-corrected chi connectivity index (χ2v) is 6.43. The third kappa shape index (κ3) is 3.62. The standard InChI is InChI=1S/C17H25NO2/c1-12-7-14-9-15(20-16(14)8-13(12)2)10-18-11-17(3,4)5-6-19/h7-9,18-19H,5-6,10-11H2,1-4H3. The average molecular weight is 275 g/mol. The van der Waals surface area contributed by atoms with Crippen LogP contribution in [0.5, 0.6) is 0 Å². The Morgan fingerprint density at radius 1 is 1.15 bits per heavy atom. The predicted octanol–water partition coefficient (Wildman–Crippen LogP) is 3.55. The highest BCUT2D eigenvalue weighted by molar-refractivity contribution is 5.79. The number of hydrogen-bond donors (Lipinski definition) is 2. The van der Waals surface area contributed by atoms with Crippen LogP contribution < -0.4 is 5.32 Å². The molecule has 0 aliphatic carbocycles. The van der Waals surface area contributed by atoms with Crippen molar-refractivity contribution in [3.63, 3.8) is 0 Å². The SMILES string of the molecule is Cc1cc2cc(CNCC(C)(C)CCO)oc2cc1C. The van der Waals surface area contributed by atoms with Gasteiger partial charge in [0, 0.05) is 18.5 Å². The van der Waals surface area contributed by atoms with Gasteiger partial charge in [0.1, 0.15) is 11.3 Å². The van der Waals surface area contributed by atoms with Gasteiger partial charge in [-0.05, 0) is 55.0 Å². The molecule has 0 bridgehead atoms. The summed E-state index contributed by atoms with van der Waals surface area (Å²) in [5.74, 6) is 0.963. The van der Waals surface area contributed by atoms with Crippen molar-refractivity contribution in [1.82, 2.24) is 5.32 Å². The first kappa shape index (κ1) is 15.1. The van der Waals surface area contributed by atoms with Gasteiger partial charge in [-0.1, -0.05) is 13.8 Å². The van der Waals surface area contributed by atoms with Crippen LogP contribution >= 0.6 is 0 Å². The molecular weight excluding hydrogens is 250 g/mol. The van der Waals surface area contributed by atoms with Crippen LogP contribution in [0.25, 0.3) is 11.0 Å². The fourth-order valence-corrected chi connectivity index (χ4v) is 2.36. The fourth-order valence-electron chi connectivity index (χ4n) is 2.36. The Hall–Kier alpha value is -1.32. The van der Waals surface area contributed by atoms with Crippen LogP contribution in [-0.2, 0) is 6.54 Å². The number of furan rings is 1. The zero-order chi connectivity index (χ0) is 14.8. The lowest BCUT2D eigenvalue weighted by Gasteiger charge is -2.23. The summed E-state index contributed by atoms with van der Waals surface area (Å²) in [6.07, 6.45) is 0.804. The number of aliphatic hydroxyl groups is 1. The molecule has 0 amide bonds. The third-order valence-electron chi connectivity index (χ3n) is 3.88. The molecule has 0 aliphatic heterocycles. The molecule has 2 rings (SSSR count). The van der Waals surface area contributed by atoms with Crippen LogP contribution in [0.1, 0.15) is 37.2 Å². The van der Waals surface area contributed by atoms with Gasteiger partial charge >= 0.3 is 0 Å². The van der Waals surface area contributed by atoms with Gasteiger partial charge < -0.3 is 14.8 Å². The fraction of sp³-hybridized carbons (Fsp3) is 0.529. The topological polar surface area (TPSA) is 45.4 Å². The van der Waals surface area contributed by atoms with Crippen LogP contribution in [0.4, 0.5) is 0 Å². The second kappa shape index (κ2) is 5.98. The Morgan fingerprint density at radius 2 is 1.85 bits per heavy atom. The lowest BCUT2D eigenvalue weighted by Crippen LogP contribution is -2.29. The van der Waals surface area contributed by atoms with Crippen molar-refractivity contribution >= 4 is 11.0 Å². The summed E-state index contributed by atoms with van der Waals surface area (Å²) < 4.78 is 5.87. The van der Waals surface area contributed by atoms with Gasteiger partial charge in [0.15, 0.2) is 0 Å². The molecule has 2 N–H and O–H groups in total. The molecule has 0 saturated carbocycles. The summed E-state index contributed by atoms with van der Waals surface area (Å²) in [6, 6.07) is 6.38. The molecule has 1 heterocycles. The largest absolute Gasteiger partial charge is 0.460 e. The van der Waals surface area contributed by atoms with Crippen molar-refractivity contribution in [2.24, 2.45) is 5.41 Å². The van der Waals surface area contributed by atoms with Gasteiger partial charge in [-0.15, -0.1) is 0 Å². The number of aliphatic hydroxyl groups excluding tert-OH is 1. The molecule has 110 valence electrons. The Labute approximate surface area is 121 Å². The molecular formula is C17H25NO2. The average Bonchev–Trinajstić information content (AvgIpc) is 2.71. The molecule has 0 spiro atoms. The lowest BCUT2D eigenvalue weighted by molar-refractivity contribution is 0.206. The maximum atomic E-state index is 9.02. The van der Waals surface area contributed by atoms with Gasteiger partial charge in [0.25, 0.3) is 0 Å². The molecule has 1 aromatic carbocycles.